The van der Waals surface area contributed by atoms with Gasteiger partial charge in [-0.25, -0.2) is 0 Å². The van der Waals surface area contributed by atoms with Crippen molar-refractivity contribution in [3.8, 4) is 0 Å². The Labute approximate surface area is 192 Å². The summed E-state index contributed by atoms with van der Waals surface area (Å²) in [5.41, 5.74) is 5.11. The van der Waals surface area contributed by atoms with Gasteiger partial charge in [0, 0.05) is 0 Å². The predicted octanol–water partition coefficient (Wildman–Crippen LogP) is 7.66. The van der Waals surface area contributed by atoms with Gasteiger partial charge in [0.15, 0.2) is 0 Å². The van der Waals surface area contributed by atoms with Gasteiger partial charge in [0.1, 0.15) is 0 Å². The Morgan fingerprint density at radius 2 is 1.00 bits per heavy atom. The molecule has 0 aliphatic rings. The topological polar surface area (TPSA) is 3.24 Å². The summed E-state index contributed by atoms with van der Waals surface area (Å²) in [7, 11) is -2.63. The molecule has 29 heavy (non-hydrogen) atoms. The van der Waals surface area contributed by atoms with Crippen LogP contribution in [0, 0.1) is 0 Å². The Hall–Kier alpha value is 0.472. The molecule has 1 rings (SSSR count). The molecule has 0 unspecified atom stereocenters. The summed E-state index contributed by atoms with van der Waals surface area (Å²) < 4.78 is 3.02. The molecule has 1 aromatic rings. The second kappa shape index (κ2) is 8.78. The van der Waals surface area contributed by atoms with Crippen LogP contribution in [0.4, 0.5) is 0 Å². The van der Waals surface area contributed by atoms with Gasteiger partial charge in [0.25, 0.3) is 0 Å². The molecule has 0 amide bonds. The van der Waals surface area contributed by atoms with Crippen LogP contribution in [-0.2, 0) is 16.2 Å². The van der Waals surface area contributed by atoms with Crippen molar-refractivity contribution in [2.45, 2.75) is 118 Å². The number of hydrogen-bond donors (Lipinski definition) is 0. The zero-order chi connectivity index (χ0) is 23.2. The van der Waals surface area contributed by atoms with Crippen molar-refractivity contribution in [2.75, 3.05) is 0 Å². The molecule has 1 aromatic carbocycles. The van der Waals surface area contributed by atoms with Crippen molar-refractivity contribution < 1.29 is 0 Å². The van der Waals surface area contributed by atoms with Gasteiger partial charge in [-0.3, -0.25) is 0 Å². The molecule has 0 radical (unpaired) electrons. The summed E-state index contributed by atoms with van der Waals surface area (Å²) in [4.78, 5) is 0. The van der Waals surface area contributed by atoms with E-state index < -0.39 is 16.5 Å². The Balaban J connectivity index is 3.88. The predicted molar refractivity (Wildman–Crippen MR) is 143 cm³/mol. The summed E-state index contributed by atoms with van der Waals surface area (Å²) in [5.74, 6) is 0. The number of hydrogen-bond acceptors (Lipinski definition) is 0. The van der Waals surface area contributed by atoms with E-state index in [-0.39, 0.29) is 31.3 Å². The molecule has 0 aromatic heterocycles. The average Bonchev–Trinajstić information content (AvgIpc) is 2.40. The molecule has 166 valence electrons. The molecule has 0 aliphatic heterocycles. The zero-order valence-electron chi connectivity index (χ0n) is 22.0. The minimum absolute atomic E-state index is 0.140. The van der Waals surface area contributed by atoms with Crippen molar-refractivity contribution in [1.82, 2.24) is 3.15 Å². The third-order valence-electron chi connectivity index (χ3n) is 5.10. The van der Waals surface area contributed by atoms with E-state index in [1.165, 1.54) is 5.56 Å². The monoisotopic (exact) mass is 511 g/mol. The van der Waals surface area contributed by atoms with Gasteiger partial charge in [0.2, 0.25) is 0 Å². The molecular weight excluding hydrogens is 464 g/mol. The van der Waals surface area contributed by atoms with Crippen LogP contribution in [0.5, 0.6) is 0 Å². The molecule has 0 saturated carbocycles. The van der Waals surface area contributed by atoms with Gasteiger partial charge in [-0.05, 0) is 0 Å². The van der Waals surface area contributed by atoms with Gasteiger partial charge in [-0.1, -0.05) is 0 Å². The molecule has 5 heteroatoms. The van der Waals surface area contributed by atoms with Crippen LogP contribution in [0.2, 0.25) is 39.3 Å². The van der Waals surface area contributed by atoms with E-state index in [0.29, 0.717) is 0 Å². The maximum atomic E-state index is 3.02. The molecule has 0 spiro atoms. The first-order chi connectivity index (χ1) is 12.6. The fraction of sp³-hybridized carbons (Fsp3) is 0.750. The van der Waals surface area contributed by atoms with Crippen LogP contribution in [0.25, 0.3) is 0 Å². The molecular formula is C24H47AsNPSi2. The van der Waals surface area contributed by atoms with E-state index in [1.54, 1.807) is 23.1 Å². The summed E-state index contributed by atoms with van der Waals surface area (Å²) in [6, 6.07) is 5.07. The van der Waals surface area contributed by atoms with Crippen LogP contribution in [0.3, 0.4) is 0 Å². The Kier molecular flexibility index (Phi) is 8.33. The van der Waals surface area contributed by atoms with Gasteiger partial charge >= 0.3 is 193 Å². The standard InChI is InChI=1S/C24H47AsNPSi2/c1-22(2,3)18-16-19(23(4,5)6)21(20(17-18)24(7,8)9)27-25-26(28(10,11)12)29(13,14)15/h16-17H,1-15H3. The SMILES string of the molecule is CC(C)(C)c1cc(C(C)(C)C)c(P=[As]N([Si](C)(C)C)[Si](C)(C)C)c(C(C)(C)C)c1. The molecule has 0 bridgehead atoms. The molecule has 0 N–H and O–H groups in total. The van der Waals surface area contributed by atoms with Crippen molar-refractivity contribution in [3.63, 3.8) is 0 Å². The Morgan fingerprint density at radius 1 is 0.655 bits per heavy atom. The van der Waals surface area contributed by atoms with Crippen LogP contribution >= 0.6 is 6.69 Å². The third-order valence-corrected chi connectivity index (χ3v) is 25.9. The zero-order valence-corrected chi connectivity index (χ0v) is 26.8. The van der Waals surface area contributed by atoms with E-state index in [9.17, 15) is 0 Å². The fourth-order valence-corrected chi connectivity index (χ4v) is 29.1. The quantitative estimate of drug-likeness (QED) is 0.296. The molecule has 0 heterocycles. The minimum atomic E-state index is -1.31. The first kappa shape index (κ1) is 27.5. The van der Waals surface area contributed by atoms with E-state index in [0.717, 1.165) is 0 Å². The van der Waals surface area contributed by atoms with Crippen LogP contribution < -0.4 is 5.30 Å². The van der Waals surface area contributed by atoms with E-state index >= 15 is 0 Å². The molecule has 1 nitrogen and oxygen atoms in total. The van der Waals surface area contributed by atoms with Crippen molar-refractivity contribution in [3.05, 3.63) is 28.8 Å². The molecule has 0 aliphatic carbocycles. The maximum absolute atomic E-state index is 3.02. The summed E-state index contributed by atoms with van der Waals surface area (Å²) in [6.07, 6.45) is 0. The molecule has 0 atom stereocenters. The van der Waals surface area contributed by atoms with Crippen LogP contribution in [0.1, 0.15) is 79.0 Å². The Bertz CT molecular complexity index is 703. The van der Waals surface area contributed by atoms with Crippen molar-refractivity contribution in [2.24, 2.45) is 0 Å². The summed E-state index contributed by atoms with van der Waals surface area (Å²) >= 11 is 0.140. The first-order valence-corrected chi connectivity index (χ1v) is 22.1. The summed E-state index contributed by atoms with van der Waals surface area (Å²) in [5, 5.41) is 1.62. The van der Waals surface area contributed by atoms with E-state index in [4.69, 9.17) is 0 Å². The van der Waals surface area contributed by atoms with E-state index in [1.807, 2.05) is 0 Å². The second-order valence-corrected chi connectivity index (χ2v) is 29.2. The Morgan fingerprint density at radius 3 is 1.24 bits per heavy atom. The number of rotatable bonds is 4. The third kappa shape index (κ3) is 7.53. The average molecular weight is 512 g/mol. The normalized spacial score (nSPS) is 14.9. The van der Waals surface area contributed by atoms with Gasteiger partial charge < -0.3 is 0 Å². The second-order valence-electron chi connectivity index (χ2n) is 13.5. The van der Waals surface area contributed by atoms with Crippen LogP contribution in [-0.4, -0.2) is 34.7 Å². The van der Waals surface area contributed by atoms with Gasteiger partial charge in [0.05, 0.1) is 0 Å². The van der Waals surface area contributed by atoms with Gasteiger partial charge in [-0.2, -0.15) is 0 Å². The fourth-order valence-electron chi connectivity index (χ4n) is 3.68. The van der Waals surface area contributed by atoms with Crippen molar-refractivity contribution in [1.29, 1.82) is 0 Å². The van der Waals surface area contributed by atoms with Gasteiger partial charge in [-0.15, -0.1) is 0 Å². The molecule has 0 fully saturated rings. The number of benzene rings is 1. The van der Waals surface area contributed by atoms with Crippen molar-refractivity contribution >= 4 is 43.5 Å². The molecule has 0 saturated heterocycles. The first-order valence-electron chi connectivity index (χ1n) is 11.0. The van der Waals surface area contributed by atoms with E-state index in [2.05, 4.69) is 117 Å². The van der Waals surface area contributed by atoms with Crippen LogP contribution in [0.15, 0.2) is 12.1 Å². The summed E-state index contributed by atoms with van der Waals surface area (Å²) in [6.45, 7) is 38.2. The number of nitrogens with zero attached hydrogens (tertiary/aromatic N) is 1.